The SMILES string of the molecule is COc1ccc(CCC(=O)N2CCC(OC)CC2)cc1Br. The van der Waals surface area contributed by atoms with Crippen LogP contribution in [0.2, 0.25) is 0 Å². The molecular formula is C16H22BrNO3. The minimum atomic E-state index is 0.233. The Morgan fingerprint density at radius 1 is 1.33 bits per heavy atom. The normalized spacial score (nSPS) is 16.0. The Balaban J connectivity index is 1.83. The number of halogens is 1. The van der Waals surface area contributed by atoms with Crippen LogP contribution in [-0.2, 0) is 16.0 Å². The number of piperidine rings is 1. The van der Waals surface area contributed by atoms with Crippen molar-refractivity contribution in [1.82, 2.24) is 4.90 Å². The van der Waals surface area contributed by atoms with E-state index in [0.29, 0.717) is 12.5 Å². The molecule has 1 amide bonds. The van der Waals surface area contributed by atoms with E-state index in [1.807, 2.05) is 23.1 Å². The lowest BCUT2D eigenvalue weighted by Crippen LogP contribution is -2.40. The van der Waals surface area contributed by atoms with Crippen LogP contribution in [-0.4, -0.2) is 44.2 Å². The van der Waals surface area contributed by atoms with E-state index in [1.54, 1.807) is 14.2 Å². The molecule has 21 heavy (non-hydrogen) atoms. The maximum absolute atomic E-state index is 12.2. The third kappa shape index (κ3) is 4.45. The van der Waals surface area contributed by atoms with Gasteiger partial charge in [-0.3, -0.25) is 4.79 Å². The van der Waals surface area contributed by atoms with Gasteiger partial charge in [-0.25, -0.2) is 0 Å². The largest absolute Gasteiger partial charge is 0.496 e. The molecule has 116 valence electrons. The Hall–Kier alpha value is -1.07. The zero-order valence-electron chi connectivity index (χ0n) is 12.6. The van der Waals surface area contributed by atoms with E-state index in [0.717, 1.165) is 48.1 Å². The second kappa shape index (κ2) is 7.80. The number of likely N-dealkylation sites (tertiary alicyclic amines) is 1. The predicted molar refractivity (Wildman–Crippen MR) is 85.6 cm³/mol. The average molecular weight is 356 g/mol. The van der Waals surface area contributed by atoms with E-state index in [-0.39, 0.29) is 5.91 Å². The molecule has 0 atom stereocenters. The van der Waals surface area contributed by atoms with Crippen molar-refractivity contribution in [2.75, 3.05) is 27.3 Å². The van der Waals surface area contributed by atoms with Gasteiger partial charge in [0.2, 0.25) is 5.91 Å². The summed E-state index contributed by atoms with van der Waals surface area (Å²) in [4.78, 5) is 14.2. The van der Waals surface area contributed by atoms with Gasteiger partial charge in [-0.05, 0) is 52.9 Å². The number of nitrogens with zero attached hydrogens (tertiary/aromatic N) is 1. The number of ether oxygens (including phenoxy) is 2. The third-order valence-electron chi connectivity index (χ3n) is 3.97. The van der Waals surface area contributed by atoms with Crippen molar-refractivity contribution >= 4 is 21.8 Å². The molecule has 1 heterocycles. The molecule has 0 unspecified atom stereocenters. The number of hydrogen-bond donors (Lipinski definition) is 0. The third-order valence-corrected chi connectivity index (χ3v) is 4.59. The Morgan fingerprint density at radius 3 is 2.62 bits per heavy atom. The lowest BCUT2D eigenvalue weighted by Gasteiger charge is -2.31. The summed E-state index contributed by atoms with van der Waals surface area (Å²) in [5.41, 5.74) is 1.14. The van der Waals surface area contributed by atoms with Crippen LogP contribution in [0.15, 0.2) is 22.7 Å². The Morgan fingerprint density at radius 2 is 2.05 bits per heavy atom. The van der Waals surface area contributed by atoms with E-state index < -0.39 is 0 Å². The number of amides is 1. The van der Waals surface area contributed by atoms with Gasteiger partial charge in [0.15, 0.2) is 0 Å². The number of hydrogen-bond acceptors (Lipinski definition) is 3. The summed E-state index contributed by atoms with van der Waals surface area (Å²) in [6.45, 7) is 1.62. The molecular weight excluding hydrogens is 334 g/mol. The predicted octanol–water partition coefficient (Wildman–Crippen LogP) is 3.03. The van der Waals surface area contributed by atoms with Gasteiger partial charge in [0.1, 0.15) is 5.75 Å². The Labute approximate surface area is 134 Å². The number of carbonyl (C=O) groups is 1. The quantitative estimate of drug-likeness (QED) is 0.814. The van der Waals surface area contributed by atoms with Gasteiger partial charge in [0, 0.05) is 26.6 Å². The summed E-state index contributed by atoms with van der Waals surface area (Å²) in [5.74, 6) is 1.04. The van der Waals surface area contributed by atoms with Crippen LogP contribution in [0.1, 0.15) is 24.8 Å². The van der Waals surface area contributed by atoms with E-state index in [4.69, 9.17) is 9.47 Å². The van der Waals surface area contributed by atoms with Crippen LogP contribution in [0.5, 0.6) is 5.75 Å². The average Bonchev–Trinajstić information content (AvgIpc) is 2.52. The first-order valence-corrected chi connectivity index (χ1v) is 8.06. The lowest BCUT2D eigenvalue weighted by molar-refractivity contribution is -0.133. The molecule has 5 heteroatoms. The van der Waals surface area contributed by atoms with Crippen molar-refractivity contribution in [2.45, 2.75) is 31.8 Å². The molecule has 4 nitrogen and oxygen atoms in total. The molecule has 1 aliphatic rings. The van der Waals surface area contributed by atoms with Crippen molar-refractivity contribution in [3.05, 3.63) is 28.2 Å². The zero-order chi connectivity index (χ0) is 15.2. The first kappa shape index (κ1) is 16.3. The minimum absolute atomic E-state index is 0.233. The molecule has 2 rings (SSSR count). The molecule has 1 aromatic rings. The second-order valence-electron chi connectivity index (χ2n) is 5.28. The van der Waals surface area contributed by atoms with Gasteiger partial charge in [0.05, 0.1) is 17.7 Å². The highest BCUT2D eigenvalue weighted by atomic mass is 79.9. The van der Waals surface area contributed by atoms with Gasteiger partial charge >= 0.3 is 0 Å². The zero-order valence-corrected chi connectivity index (χ0v) is 14.2. The van der Waals surface area contributed by atoms with Crippen LogP contribution >= 0.6 is 15.9 Å². The molecule has 1 aliphatic heterocycles. The van der Waals surface area contributed by atoms with Gasteiger partial charge in [-0.1, -0.05) is 6.07 Å². The van der Waals surface area contributed by atoms with Crippen LogP contribution in [0.4, 0.5) is 0 Å². The molecule has 0 aromatic heterocycles. The number of carbonyl (C=O) groups excluding carboxylic acids is 1. The molecule has 0 saturated carbocycles. The highest BCUT2D eigenvalue weighted by molar-refractivity contribution is 9.10. The lowest BCUT2D eigenvalue weighted by atomic mass is 10.1. The summed E-state index contributed by atoms with van der Waals surface area (Å²) < 4.78 is 11.5. The van der Waals surface area contributed by atoms with E-state index in [1.165, 1.54) is 0 Å². The highest BCUT2D eigenvalue weighted by Crippen LogP contribution is 2.26. The fourth-order valence-corrected chi connectivity index (χ4v) is 3.20. The van der Waals surface area contributed by atoms with Crippen LogP contribution in [0.3, 0.4) is 0 Å². The van der Waals surface area contributed by atoms with Crippen molar-refractivity contribution in [3.8, 4) is 5.75 Å². The van der Waals surface area contributed by atoms with Gasteiger partial charge in [-0.2, -0.15) is 0 Å². The molecule has 1 saturated heterocycles. The molecule has 0 N–H and O–H groups in total. The van der Waals surface area contributed by atoms with Gasteiger partial charge < -0.3 is 14.4 Å². The van der Waals surface area contributed by atoms with Crippen LogP contribution in [0, 0.1) is 0 Å². The smallest absolute Gasteiger partial charge is 0.222 e. The molecule has 0 bridgehead atoms. The second-order valence-corrected chi connectivity index (χ2v) is 6.14. The van der Waals surface area contributed by atoms with Gasteiger partial charge in [-0.15, -0.1) is 0 Å². The summed E-state index contributed by atoms with van der Waals surface area (Å²) in [7, 11) is 3.39. The molecule has 0 radical (unpaired) electrons. The summed E-state index contributed by atoms with van der Waals surface area (Å²) in [6, 6.07) is 5.95. The maximum Gasteiger partial charge on any atom is 0.222 e. The van der Waals surface area contributed by atoms with Gasteiger partial charge in [0.25, 0.3) is 0 Å². The van der Waals surface area contributed by atoms with E-state index >= 15 is 0 Å². The molecule has 1 fully saturated rings. The summed E-state index contributed by atoms with van der Waals surface area (Å²) >= 11 is 3.47. The Bertz CT molecular complexity index is 484. The van der Waals surface area contributed by atoms with Crippen molar-refractivity contribution in [1.29, 1.82) is 0 Å². The number of rotatable bonds is 5. The molecule has 0 aliphatic carbocycles. The van der Waals surface area contributed by atoms with Crippen molar-refractivity contribution in [3.63, 3.8) is 0 Å². The summed E-state index contributed by atoms with van der Waals surface area (Å²) in [5, 5.41) is 0. The van der Waals surface area contributed by atoms with E-state index in [2.05, 4.69) is 15.9 Å². The first-order chi connectivity index (χ1) is 10.1. The van der Waals surface area contributed by atoms with Crippen molar-refractivity contribution in [2.24, 2.45) is 0 Å². The van der Waals surface area contributed by atoms with Crippen molar-refractivity contribution < 1.29 is 14.3 Å². The van der Waals surface area contributed by atoms with E-state index in [9.17, 15) is 4.79 Å². The monoisotopic (exact) mass is 355 g/mol. The summed E-state index contributed by atoms with van der Waals surface area (Å²) in [6.07, 6.45) is 3.50. The van der Waals surface area contributed by atoms with Crippen LogP contribution in [0.25, 0.3) is 0 Å². The molecule has 1 aromatic carbocycles. The standard InChI is InChI=1S/C16H22BrNO3/c1-20-13-7-9-18(10-8-13)16(19)6-4-12-3-5-15(21-2)14(17)11-12/h3,5,11,13H,4,6-10H2,1-2H3. The number of methoxy groups -OCH3 is 2. The fraction of sp³-hybridized carbons (Fsp3) is 0.562. The number of benzene rings is 1. The topological polar surface area (TPSA) is 38.8 Å². The molecule has 0 spiro atoms. The number of aryl methyl sites for hydroxylation is 1. The van der Waals surface area contributed by atoms with Crippen LogP contribution < -0.4 is 4.74 Å². The highest BCUT2D eigenvalue weighted by Gasteiger charge is 2.22. The Kier molecular flexibility index (Phi) is 6.06. The fourth-order valence-electron chi connectivity index (χ4n) is 2.62. The minimum Gasteiger partial charge on any atom is -0.496 e. The first-order valence-electron chi connectivity index (χ1n) is 7.27. The maximum atomic E-state index is 12.2.